The molecule has 6 nitrogen and oxygen atoms in total. The van der Waals surface area contributed by atoms with Gasteiger partial charge in [-0.15, -0.1) is 0 Å². The smallest absolute Gasteiger partial charge is 0.744 e. The van der Waals surface area contributed by atoms with Gasteiger partial charge in [-0.2, -0.15) is 0 Å². The maximum atomic E-state index is 13.2. The molecule has 4 aromatic carbocycles. The van der Waals surface area contributed by atoms with Crippen molar-refractivity contribution in [3.8, 4) is 28.0 Å². The first-order valence-corrected chi connectivity index (χ1v) is 18.8. The van der Waals surface area contributed by atoms with Gasteiger partial charge in [-0.3, -0.25) is 4.79 Å². The topological polar surface area (TPSA) is 86.7 Å². The van der Waals surface area contributed by atoms with E-state index in [-0.39, 0.29) is 40.2 Å². The van der Waals surface area contributed by atoms with Gasteiger partial charge in [-0.25, -0.2) is 8.42 Å². The molecule has 4 aromatic rings. The molecule has 0 amide bonds. The minimum atomic E-state index is -4.79. The fraction of sp³-hybridized carbons (Fsp3) is 0.359. The number of carbonyl (C=O) groups excluding carboxylic acids is 1. The Morgan fingerprint density at radius 3 is 2.10 bits per heavy atom. The molecule has 250 valence electrons. The van der Waals surface area contributed by atoms with E-state index in [9.17, 15) is 17.8 Å². The van der Waals surface area contributed by atoms with Crippen LogP contribution in [0.3, 0.4) is 0 Å². The van der Waals surface area contributed by atoms with E-state index in [1.165, 1.54) is 37.1 Å². The van der Waals surface area contributed by atoms with Crippen LogP contribution in [0.1, 0.15) is 82.0 Å². The number of unbranched alkanes of at least 4 members (excludes halogenated alkanes) is 6. The first-order chi connectivity index (χ1) is 22.6. The van der Waals surface area contributed by atoms with Crippen LogP contribution in [0.4, 0.5) is 5.69 Å². The molecule has 9 heteroatoms. The molecule has 0 heterocycles. The standard InChI is InChI=1S/C39H47NO5S2.Na/c1-5-7-9-10-11-12-17-37(41)30-18-24-36(40(3)4)35(27-30)34-16-14-13-15-33(34)29-19-25-38(39(28-29)47(42,43)44)46-32-22-20-31(21-23-32)45-26-8-6-2;/h13-16,18-25,27-28H,5-12,17,26H2,1-4H3,(H,42,43,44);/q;+1/p-1. The van der Waals surface area contributed by atoms with E-state index < -0.39 is 10.1 Å². The van der Waals surface area contributed by atoms with Gasteiger partial charge in [0.1, 0.15) is 15.9 Å². The van der Waals surface area contributed by atoms with Gasteiger partial charge in [0.25, 0.3) is 0 Å². The zero-order valence-electron chi connectivity index (χ0n) is 29.0. The van der Waals surface area contributed by atoms with Gasteiger partial charge in [0.15, 0.2) is 5.78 Å². The zero-order chi connectivity index (χ0) is 33.8. The van der Waals surface area contributed by atoms with Gasteiger partial charge >= 0.3 is 29.6 Å². The number of ketones is 1. The Labute approximate surface area is 313 Å². The molecule has 0 unspecified atom stereocenters. The Hall–Kier alpha value is -2.59. The van der Waals surface area contributed by atoms with E-state index in [0.29, 0.717) is 29.1 Å². The zero-order valence-corrected chi connectivity index (χ0v) is 32.6. The fourth-order valence-corrected chi connectivity index (χ4v) is 7.35. The van der Waals surface area contributed by atoms with Gasteiger partial charge in [0.05, 0.1) is 11.5 Å². The number of ether oxygens (including phenoxy) is 1. The summed E-state index contributed by atoms with van der Waals surface area (Å²) in [5.74, 6) is 0.864. The molecule has 48 heavy (non-hydrogen) atoms. The molecule has 0 bridgehead atoms. The summed E-state index contributed by atoms with van der Waals surface area (Å²) in [5, 5.41) is 0. The van der Waals surface area contributed by atoms with E-state index >= 15 is 0 Å². The van der Waals surface area contributed by atoms with Crippen LogP contribution in [0.5, 0.6) is 5.75 Å². The summed E-state index contributed by atoms with van der Waals surface area (Å²) in [6, 6.07) is 25.9. The van der Waals surface area contributed by atoms with Crippen LogP contribution in [0.25, 0.3) is 22.3 Å². The van der Waals surface area contributed by atoms with Crippen molar-refractivity contribution in [2.24, 2.45) is 0 Å². The molecule has 0 aromatic heterocycles. The molecular formula is C39H46NNaO5S2. The number of rotatable bonds is 18. The molecule has 0 atom stereocenters. The summed E-state index contributed by atoms with van der Waals surface area (Å²) in [6.45, 7) is 4.94. The van der Waals surface area contributed by atoms with E-state index in [2.05, 4.69) is 13.8 Å². The van der Waals surface area contributed by atoms with Crippen LogP contribution in [0, 0.1) is 0 Å². The Morgan fingerprint density at radius 1 is 0.771 bits per heavy atom. The van der Waals surface area contributed by atoms with Crippen LogP contribution in [-0.2, 0) is 10.1 Å². The van der Waals surface area contributed by atoms with E-state index in [1.54, 1.807) is 6.07 Å². The van der Waals surface area contributed by atoms with Gasteiger partial charge in [0, 0.05) is 47.1 Å². The van der Waals surface area contributed by atoms with Crippen LogP contribution in [0.15, 0.2) is 99.6 Å². The molecule has 0 spiro atoms. The van der Waals surface area contributed by atoms with Crippen molar-refractivity contribution in [1.29, 1.82) is 0 Å². The Bertz CT molecular complexity index is 1740. The summed E-state index contributed by atoms with van der Waals surface area (Å²) in [7, 11) is -0.878. The van der Waals surface area contributed by atoms with Crippen molar-refractivity contribution in [3.05, 3.63) is 90.5 Å². The molecule has 4 rings (SSSR count). The maximum absolute atomic E-state index is 13.2. The molecule has 0 aliphatic carbocycles. The molecule has 0 saturated carbocycles. The summed E-state index contributed by atoms with van der Waals surface area (Å²) in [4.78, 5) is 16.1. The van der Waals surface area contributed by atoms with Gasteiger partial charge < -0.3 is 14.2 Å². The number of carbonyl (C=O) groups is 1. The van der Waals surface area contributed by atoms with Crippen LogP contribution >= 0.6 is 11.8 Å². The predicted molar refractivity (Wildman–Crippen MR) is 193 cm³/mol. The minimum Gasteiger partial charge on any atom is -0.744 e. The second-order valence-corrected chi connectivity index (χ2v) is 14.5. The molecular weight excluding hydrogens is 650 g/mol. The predicted octanol–water partition coefficient (Wildman–Crippen LogP) is 7.26. The molecule has 0 saturated heterocycles. The van der Waals surface area contributed by atoms with Crippen molar-refractivity contribution in [2.45, 2.75) is 86.3 Å². The second-order valence-electron chi connectivity index (χ2n) is 12.0. The maximum Gasteiger partial charge on any atom is 1.00 e. The largest absolute Gasteiger partial charge is 1.00 e. The van der Waals surface area contributed by atoms with Crippen molar-refractivity contribution >= 4 is 33.4 Å². The van der Waals surface area contributed by atoms with Gasteiger partial charge in [0.2, 0.25) is 0 Å². The normalized spacial score (nSPS) is 11.2. The minimum absolute atomic E-state index is 0. The Balaban J connectivity index is 0.00000625. The molecule has 0 fully saturated rings. The van der Waals surface area contributed by atoms with E-state index in [4.69, 9.17) is 4.74 Å². The third kappa shape index (κ3) is 11.2. The summed E-state index contributed by atoms with van der Waals surface area (Å²) < 4.78 is 43.5. The quantitative estimate of drug-likeness (QED) is 0.0469. The number of nitrogens with zero attached hydrogens (tertiary/aromatic N) is 1. The van der Waals surface area contributed by atoms with Crippen molar-refractivity contribution in [1.82, 2.24) is 0 Å². The monoisotopic (exact) mass is 695 g/mol. The second kappa shape index (κ2) is 19.6. The SMILES string of the molecule is CCCCCCCCC(=O)c1ccc(N(C)C)c(-c2ccccc2-c2ccc(Sc3ccc(OCCCC)cc3)c(S(=O)(=O)[O-])c2)c1.[Na+]. The average Bonchev–Trinajstić information content (AvgIpc) is 3.06. The summed E-state index contributed by atoms with van der Waals surface area (Å²) in [5.41, 5.74) is 4.67. The summed E-state index contributed by atoms with van der Waals surface area (Å²) in [6.07, 6.45) is 9.23. The number of anilines is 1. The summed E-state index contributed by atoms with van der Waals surface area (Å²) >= 11 is 1.23. The first kappa shape index (κ1) is 39.8. The molecule has 0 radical (unpaired) electrons. The molecule has 0 N–H and O–H groups in total. The Kier molecular flexibility index (Phi) is 16.2. The number of hydrogen-bond donors (Lipinski definition) is 0. The van der Waals surface area contributed by atoms with Crippen LogP contribution < -0.4 is 39.2 Å². The number of Topliss-reactive ketones (excluding diaryl/α,β-unsaturated/α-hetero) is 1. The third-order valence-corrected chi connectivity index (χ3v) is 10.2. The van der Waals surface area contributed by atoms with Crippen molar-refractivity contribution in [2.75, 3.05) is 25.6 Å². The average molecular weight is 696 g/mol. The fourth-order valence-electron chi connectivity index (χ4n) is 5.52. The van der Waals surface area contributed by atoms with Gasteiger partial charge in [-0.1, -0.05) is 94.5 Å². The van der Waals surface area contributed by atoms with Crippen molar-refractivity contribution < 1.29 is 52.1 Å². The Morgan fingerprint density at radius 2 is 1.44 bits per heavy atom. The van der Waals surface area contributed by atoms with E-state index in [1.807, 2.05) is 91.8 Å². The van der Waals surface area contributed by atoms with Crippen molar-refractivity contribution in [3.63, 3.8) is 0 Å². The van der Waals surface area contributed by atoms with Crippen LogP contribution in [0.2, 0.25) is 0 Å². The molecule has 0 aliphatic heterocycles. The van der Waals surface area contributed by atoms with E-state index in [0.717, 1.165) is 65.1 Å². The number of hydrogen-bond acceptors (Lipinski definition) is 7. The first-order valence-electron chi connectivity index (χ1n) is 16.6. The van der Waals surface area contributed by atoms with Crippen LogP contribution in [-0.4, -0.2) is 39.5 Å². The number of benzene rings is 4. The third-order valence-electron chi connectivity index (χ3n) is 8.12. The molecule has 0 aliphatic rings. The van der Waals surface area contributed by atoms with Gasteiger partial charge in [-0.05, 0) is 84.1 Å².